The molecule has 144 valence electrons. The van der Waals surface area contributed by atoms with Crippen LogP contribution in [0.1, 0.15) is 30.0 Å². The molecule has 28 heavy (non-hydrogen) atoms. The first kappa shape index (κ1) is 18.5. The van der Waals surface area contributed by atoms with E-state index in [9.17, 15) is 8.78 Å². The largest absolute Gasteiger partial charge is 0.368 e. The van der Waals surface area contributed by atoms with Crippen molar-refractivity contribution in [3.8, 4) is 11.1 Å². The minimum atomic E-state index is -0.273. The minimum Gasteiger partial charge on any atom is -0.368 e. The van der Waals surface area contributed by atoms with Crippen LogP contribution in [0.5, 0.6) is 0 Å². The minimum absolute atomic E-state index is 0.208. The van der Waals surface area contributed by atoms with Gasteiger partial charge in [-0.2, -0.15) is 0 Å². The summed E-state index contributed by atoms with van der Waals surface area (Å²) >= 11 is 0. The van der Waals surface area contributed by atoms with Crippen LogP contribution < -0.4 is 5.73 Å². The molecule has 2 N–H and O–H groups in total. The van der Waals surface area contributed by atoms with E-state index in [2.05, 4.69) is 14.9 Å². The van der Waals surface area contributed by atoms with E-state index in [1.807, 2.05) is 12.1 Å². The van der Waals surface area contributed by atoms with E-state index in [-0.39, 0.29) is 23.5 Å². The van der Waals surface area contributed by atoms with Gasteiger partial charge in [-0.25, -0.2) is 18.7 Å². The molecule has 4 nitrogen and oxygen atoms in total. The van der Waals surface area contributed by atoms with Gasteiger partial charge in [0.05, 0.1) is 5.69 Å². The van der Waals surface area contributed by atoms with Crippen LogP contribution in [-0.2, 0) is 6.54 Å². The van der Waals surface area contributed by atoms with Crippen molar-refractivity contribution in [1.82, 2.24) is 14.9 Å². The second-order valence-electron chi connectivity index (χ2n) is 7.23. The summed E-state index contributed by atoms with van der Waals surface area (Å²) in [5.41, 5.74) is 9.64. The van der Waals surface area contributed by atoms with Crippen LogP contribution in [0.15, 0.2) is 54.7 Å². The Kier molecular flexibility index (Phi) is 5.30. The van der Waals surface area contributed by atoms with E-state index in [0.29, 0.717) is 0 Å². The Balaban J connectivity index is 1.58. The SMILES string of the molecule is Nc1ncc(-c2ccc(F)cc2)c(C2CCCN(Cc3ccc(F)cc3)C2)n1. The third-order valence-electron chi connectivity index (χ3n) is 5.20. The highest BCUT2D eigenvalue weighted by molar-refractivity contribution is 5.66. The summed E-state index contributed by atoms with van der Waals surface area (Å²) in [7, 11) is 0. The van der Waals surface area contributed by atoms with E-state index in [4.69, 9.17) is 5.73 Å². The lowest BCUT2D eigenvalue weighted by Crippen LogP contribution is -2.34. The summed E-state index contributed by atoms with van der Waals surface area (Å²) in [6.45, 7) is 2.59. The smallest absolute Gasteiger partial charge is 0.220 e. The molecular formula is C22H22F2N4. The van der Waals surface area contributed by atoms with E-state index >= 15 is 0 Å². The Morgan fingerprint density at radius 3 is 2.39 bits per heavy atom. The van der Waals surface area contributed by atoms with Gasteiger partial charge in [-0.1, -0.05) is 24.3 Å². The molecule has 1 aliphatic heterocycles. The summed E-state index contributed by atoms with van der Waals surface area (Å²) in [6, 6.07) is 13.0. The summed E-state index contributed by atoms with van der Waals surface area (Å²) in [5.74, 6) is -0.0402. The van der Waals surface area contributed by atoms with Crippen LogP contribution in [-0.4, -0.2) is 28.0 Å². The lowest BCUT2D eigenvalue weighted by molar-refractivity contribution is 0.198. The molecular weight excluding hydrogens is 358 g/mol. The molecule has 1 fully saturated rings. The molecule has 0 radical (unpaired) electrons. The normalized spacial score (nSPS) is 17.6. The molecule has 0 saturated carbocycles. The van der Waals surface area contributed by atoms with Crippen LogP contribution >= 0.6 is 0 Å². The standard InChI is InChI=1S/C22H22F2N4/c23-18-7-3-15(4-8-18)13-28-11-1-2-17(14-28)21-20(12-26-22(25)27-21)16-5-9-19(24)10-6-16/h3-10,12,17H,1-2,11,13-14H2,(H2,25,26,27). The zero-order valence-corrected chi connectivity index (χ0v) is 15.5. The van der Waals surface area contributed by atoms with Crippen molar-refractivity contribution >= 4 is 5.95 Å². The fourth-order valence-electron chi connectivity index (χ4n) is 3.84. The Hall–Kier alpha value is -2.86. The first-order valence-electron chi connectivity index (χ1n) is 9.43. The number of nitrogens with zero attached hydrogens (tertiary/aromatic N) is 3. The van der Waals surface area contributed by atoms with Crippen molar-refractivity contribution in [3.63, 3.8) is 0 Å². The van der Waals surface area contributed by atoms with Gasteiger partial charge in [0.25, 0.3) is 0 Å². The number of benzene rings is 2. The quantitative estimate of drug-likeness (QED) is 0.730. The zero-order valence-electron chi connectivity index (χ0n) is 15.5. The molecule has 2 aromatic carbocycles. The van der Waals surface area contributed by atoms with E-state index in [0.717, 1.165) is 54.9 Å². The summed E-state index contributed by atoms with van der Waals surface area (Å²) in [6.07, 6.45) is 3.77. The number of hydrogen-bond donors (Lipinski definition) is 1. The molecule has 0 amide bonds. The lowest BCUT2D eigenvalue weighted by Gasteiger charge is -2.33. The summed E-state index contributed by atoms with van der Waals surface area (Å²) in [5, 5.41) is 0. The Bertz CT molecular complexity index is 942. The molecule has 1 saturated heterocycles. The van der Waals surface area contributed by atoms with Crippen LogP contribution in [0.3, 0.4) is 0 Å². The van der Waals surface area contributed by atoms with Crippen LogP contribution in [0.25, 0.3) is 11.1 Å². The van der Waals surface area contributed by atoms with Crippen LogP contribution in [0.2, 0.25) is 0 Å². The highest BCUT2D eigenvalue weighted by Gasteiger charge is 2.25. The molecule has 2 heterocycles. The number of halogens is 2. The molecule has 3 aromatic rings. The maximum Gasteiger partial charge on any atom is 0.220 e. The van der Waals surface area contributed by atoms with Gasteiger partial charge in [0.1, 0.15) is 11.6 Å². The topological polar surface area (TPSA) is 55.0 Å². The predicted molar refractivity (Wildman–Crippen MR) is 105 cm³/mol. The fraction of sp³-hybridized carbons (Fsp3) is 0.273. The van der Waals surface area contributed by atoms with Crippen molar-refractivity contribution in [2.45, 2.75) is 25.3 Å². The molecule has 1 atom stereocenters. The highest BCUT2D eigenvalue weighted by Crippen LogP contribution is 2.33. The zero-order chi connectivity index (χ0) is 19.5. The average Bonchev–Trinajstić information content (AvgIpc) is 2.71. The summed E-state index contributed by atoms with van der Waals surface area (Å²) < 4.78 is 26.5. The number of piperidine rings is 1. The molecule has 6 heteroatoms. The fourth-order valence-corrected chi connectivity index (χ4v) is 3.84. The van der Waals surface area contributed by atoms with Gasteiger partial charge >= 0.3 is 0 Å². The second kappa shape index (κ2) is 8.02. The number of anilines is 1. The van der Waals surface area contributed by atoms with Crippen molar-refractivity contribution < 1.29 is 8.78 Å². The highest BCUT2D eigenvalue weighted by atomic mass is 19.1. The van der Waals surface area contributed by atoms with Gasteiger partial charge in [0, 0.05) is 30.8 Å². The van der Waals surface area contributed by atoms with Crippen molar-refractivity contribution in [2.24, 2.45) is 0 Å². The van der Waals surface area contributed by atoms with Crippen molar-refractivity contribution in [3.05, 3.63) is 77.6 Å². The molecule has 1 aromatic heterocycles. The molecule has 4 rings (SSSR count). The lowest BCUT2D eigenvalue weighted by atomic mass is 9.89. The number of aromatic nitrogens is 2. The molecule has 1 aliphatic rings. The second-order valence-corrected chi connectivity index (χ2v) is 7.23. The Labute approximate surface area is 163 Å². The Morgan fingerprint density at radius 1 is 1.00 bits per heavy atom. The van der Waals surface area contributed by atoms with Gasteiger partial charge in [0.2, 0.25) is 5.95 Å². The predicted octanol–water partition coefficient (Wildman–Crippen LogP) is 4.38. The van der Waals surface area contributed by atoms with E-state index in [1.165, 1.54) is 24.3 Å². The van der Waals surface area contributed by atoms with Gasteiger partial charge in [0.15, 0.2) is 0 Å². The third-order valence-corrected chi connectivity index (χ3v) is 5.20. The monoisotopic (exact) mass is 380 g/mol. The van der Waals surface area contributed by atoms with Crippen LogP contribution in [0.4, 0.5) is 14.7 Å². The number of likely N-dealkylation sites (tertiary alicyclic amines) is 1. The first-order valence-corrected chi connectivity index (χ1v) is 9.43. The third kappa shape index (κ3) is 4.17. The van der Waals surface area contributed by atoms with Gasteiger partial charge in [-0.3, -0.25) is 4.90 Å². The van der Waals surface area contributed by atoms with Crippen molar-refractivity contribution in [2.75, 3.05) is 18.8 Å². The summed E-state index contributed by atoms with van der Waals surface area (Å²) in [4.78, 5) is 11.1. The maximum absolute atomic E-state index is 13.3. The Morgan fingerprint density at radius 2 is 1.68 bits per heavy atom. The van der Waals surface area contributed by atoms with E-state index in [1.54, 1.807) is 18.3 Å². The molecule has 0 spiro atoms. The van der Waals surface area contributed by atoms with Crippen molar-refractivity contribution in [1.29, 1.82) is 0 Å². The molecule has 0 bridgehead atoms. The van der Waals surface area contributed by atoms with Gasteiger partial charge in [-0.15, -0.1) is 0 Å². The van der Waals surface area contributed by atoms with Crippen LogP contribution in [0, 0.1) is 11.6 Å². The number of rotatable bonds is 4. The molecule has 1 unspecified atom stereocenters. The van der Waals surface area contributed by atoms with Gasteiger partial charge < -0.3 is 5.73 Å². The molecule has 0 aliphatic carbocycles. The number of nitrogen functional groups attached to an aromatic ring is 1. The van der Waals surface area contributed by atoms with E-state index < -0.39 is 0 Å². The maximum atomic E-state index is 13.3. The van der Waals surface area contributed by atoms with Gasteiger partial charge in [-0.05, 0) is 54.8 Å². The number of hydrogen-bond acceptors (Lipinski definition) is 4. The number of nitrogens with two attached hydrogens (primary N) is 1. The first-order chi connectivity index (χ1) is 13.6. The average molecular weight is 380 g/mol.